The van der Waals surface area contributed by atoms with Crippen molar-refractivity contribution in [3.05, 3.63) is 29.3 Å². The molecular weight excluding hydrogens is 226 g/mol. The first-order valence-corrected chi connectivity index (χ1v) is 6.68. The lowest BCUT2D eigenvalue weighted by molar-refractivity contribution is -0.120. The van der Waals surface area contributed by atoms with Crippen LogP contribution in [-0.4, -0.2) is 19.6 Å². The van der Waals surface area contributed by atoms with Crippen molar-refractivity contribution >= 4 is 5.91 Å². The van der Waals surface area contributed by atoms with E-state index in [4.69, 9.17) is 4.74 Å². The molecule has 0 heterocycles. The first kappa shape index (κ1) is 12.9. The van der Waals surface area contributed by atoms with E-state index in [1.54, 1.807) is 7.11 Å². The van der Waals surface area contributed by atoms with E-state index in [-0.39, 0.29) is 5.91 Å². The van der Waals surface area contributed by atoms with Crippen LogP contribution in [0.5, 0.6) is 5.75 Å². The van der Waals surface area contributed by atoms with Gasteiger partial charge in [-0.1, -0.05) is 13.0 Å². The Hall–Kier alpha value is -1.51. The normalized spacial score (nSPS) is 17.3. The number of carbonyl (C=O) groups excluding carboxylic acids is 1. The van der Waals surface area contributed by atoms with E-state index in [0.717, 1.165) is 25.1 Å². The van der Waals surface area contributed by atoms with Crippen LogP contribution in [0.15, 0.2) is 18.2 Å². The summed E-state index contributed by atoms with van der Waals surface area (Å²) in [5, 5.41) is 2.95. The maximum atomic E-state index is 11.2. The summed E-state index contributed by atoms with van der Waals surface area (Å²) < 4.78 is 5.28. The highest BCUT2D eigenvalue weighted by Gasteiger charge is 2.22. The van der Waals surface area contributed by atoms with Gasteiger partial charge in [-0.15, -0.1) is 0 Å². The number of hydrogen-bond acceptors (Lipinski definition) is 2. The smallest absolute Gasteiger partial charge is 0.219 e. The van der Waals surface area contributed by atoms with Crippen LogP contribution in [0.4, 0.5) is 0 Å². The molecule has 18 heavy (non-hydrogen) atoms. The fraction of sp³-hybridized carbons (Fsp3) is 0.533. The summed E-state index contributed by atoms with van der Waals surface area (Å²) in [7, 11) is 1.70. The van der Waals surface area contributed by atoms with E-state index in [1.165, 1.54) is 17.5 Å². The summed E-state index contributed by atoms with van der Waals surface area (Å²) in [6.07, 6.45) is 3.91. The number of benzene rings is 1. The van der Waals surface area contributed by atoms with Gasteiger partial charge in [-0.3, -0.25) is 4.79 Å². The van der Waals surface area contributed by atoms with Crippen molar-refractivity contribution in [3.63, 3.8) is 0 Å². The molecule has 1 aromatic rings. The van der Waals surface area contributed by atoms with E-state index in [0.29, 0.717) is 12.3 Å². The highest BCUT2D eigenvalue weighted by Crippen LogP contribution is 2.37. The van der Waals surface area contributed by atoms with Gasteiger partial charge in [0, 0.05) is 13.0 Å². The largest absolute Gasteiger partial charge is 0.497 e. The lowest BCUT2D eigenvalue weighted by Crippen LogP contribution is -2.24. The van der Waals surface area contributed by atoms with Crippen LogP contribution >= 0.6 is 0 Å². The number of carbonyl (C=O) groups is 1. The molecule has 1 aliphatic rings. The summed E-state index contributed by atoms with van der Waals surface area (Å²) in [5.41, 5.74) is 2.84. The topological polar surface area (TPSA) is 38.3 Å². The monoisotopic (exact) mass is 247 g/mol. The molecule has 1 aromatic carbocycles. The van der Waals surface area contributed by atoms with Crippen LogP contribution in [0.2, 0.25) is 0 Å². The number of aryl methyl sites for hydroxylation is 1. The van der Waals surface area contributed by atoms with Crippen molar-refractivity contribution in [2.75, 3.05) is 13.7 Å². The highest BCUT2D eigenvalue weighted by molar-refractivity contribution is 5.75. The third-order valence-corrected chi connectivity index (χ3v) is 3.69. The van der Waals surface area contributed by atoms with Gasteiger partial charge in [0.1, 0.15) is 5.75 Å². The zero-order valence-electron chi connectivity index (χ0n) is 11.2. The molecule has 0 unspecified atom stereocenters. The lowest BCUT2D eigenvalue weighted by Gasteiger charge is -2.13. The van der Waals surface area contributed by atoms with E-state index >= 15 is 0 Å². The molecule has 1 N–H and O–H groups in total. The summed E-state index contributed by atoms with van der Waals surface area (Å²) >= 11 is 0. The molecule has 0 saturated heterocycles. The van der Waals surface area contributed by atoms with Crippen LogP contribution in [0.3, 0.4) is 0 Å². The van der Waals surface area contributed by atoms with Gasteiger partial charge in [-0.05, 0) is 48.4 Å². The van der Waals surface area contributed by atoms with Crippen molar-refractivity contribution in [1.29, 1.82) is 0 Å². The number of methoxy groups -OCH3 is 1. The Bertz CT molecular complexity index is 429. The second kappa shape index (κ2) is 5.89. The van der Waals surface area contributed by atoms with Gasteiger partial charge in [0.05, 0.1) is 7.11 Å². The number of nitrogens with one attached hydrogen (secondary N) is 1. The van der Waals surface area contributed by atoms with Gasteiger partial charge in [-0.25, -0.2) is 0 Å². The van der Waals surface area contributed by atoms with Gasteiger partial charge < -0.3 is 10.1 Å². The van der Waals surface area contributed by atoms with E-state index in [9.17, 15) is 4.79 Å². The van der Waals surface area contributed by atoms with Crippen molar-refractivity contribution in [1.82, 2.24) is 5.32 Å². The summed E-state index contributed by atoms with van der Waals surface area (Å²) in [6.45, 7) is 2.65. The Morgan fingerprint density at radius 3 is 3.06 bits per heavy atom. The van der Waals surface area contributed by atoms with Gasteiger partial charge in [-0.2, -0.15) is 0 Å². The van der Waals surface area contributed by atoms with Gasteiger partial charge in [0.2, 0.25) is 5.91 Å². The SMILES string of the molecule is CCC(=O)NCC[C@H]1CCc2ccc(OC)cc21. The summed E-state index contributed by atoms with van der Waals surface area (Å²) in [4.78, 5) is 11.2. The van der Waals surface area contributed by atoms with Crippen molar-refractivity contribution in [2.45, 2.75) is 38.5 Å². The fourth-order valence-corrected chi connectivity index (χ4v) is 2.60. The Morgan fingerprint density at radius 2 is 2.33 bits per heavy atom. The fourth-order valence-electron chi connectivity index (χ4n) is 2.60. The van der Waals surface area contributed by atoms with Crippen molar-refractivity contribution < 1.29 is 9.53 Å². The lowest BCUT2D eigenvalue weighted by atomic mass is 9.97. The molecule has 1 amide bonds. The number of amides is 1. The minimum Gasteiger partial charge on any atom is -0.497 e. The standard InChI is InChI=1S/C15H21NO2/c1-3-15(17)16-9-8-12-5-4-11-6-7-13(18-2)10-14(11)12/h6-7,10,12H,3-5,8-9H2,1-2H3,(H,16,17)/t12-/m1/s1. The minimum absolute atomic E-state index is 0.138. The van der Waals surface area contributed by atoms with Crippen molar-refractivity contribution in [3.8, 4) is 5.75 Å². The second-order valence-electron chi connectivity index (χ2n) is 4.79. The molecular formula is C15H21NO2. The second-order valence-corrected chi connectivity index (χ2v) is 4.79. The van der Waals surface area contributed by atoms with Gasteiger partial charge in [0.15, 0.2) is 0 Å². The third kappa shape index (κ3) is 2.84. The molecule has 98 valence electrons. The van der Waals surface area contributed by atoms with Gasteiger partial charge in [0.25, 0.3) is 0 Å². The Labute approximate surface area is 109 Å². The maximum absolute atomic E-state index is 11.2. The zero-order chi connectivity index (χ0) is 13.0. The van der Waals surface area contributed by atoms with E-state index in [2.05, 4.69) is 17.4 Å². The molecule has 0 spiro atoms. The van der Waals surface area contributed by atoms with Crippen molar-refractivity contribution in [2.24, 2.45) is 0 Å². The van der Waals surface area contributed by atoms with Crippen LogP contribution in [0, 0.1) is 0 Å². The molecule has 0 fully saturated rings. The quantitative estimate of drug-likeness (QED) is 0.868. The summed E-state index contributed by atoms with van der Waals surface area (Å²) in [5.74, 6) is 1.63. The number of fused-ring (bicyclic) bond motifs is 1. The number of ether oxygens (including phenoxy) is 1. The molecule has 1 aliphatic carbocycles. The van der Waals surface area contributed by atoms with E-state index in [1.807, 2.05) is 13.0 Å². The summed E-state index contributed by atoms with van der Waals surface area (Å²) in [6, 6.07) is 6.34. The molecule has 3 nitrogen and oxygen atoms in total. The number of rotatable bonds is 5. The molecule has 0 saturated carbocycles. The Morgan fingerprint density at radius 1 is 1.50 bits per heavy atom. The van der Waals surface area contributed by atoms with Crippen LogP contribution in [-0.2, 0) is 11.2 Å². The van der Waals surface area contributed by atoms with Crippen LogP contribution in [0.25, 0.3) is 0 Å². The molecule has 1 atom stereocenters. The number of hydrogen-bond donors (Lipinski definition) is 1. The van der Waals surface area contributed by atoms with Crippen LogP contribution < -0.4 is 10.1 Å². The predicted molar refractivity (Wildman–Crippen MR) is 72.0 cm³/mol. The third-order valence-electron chi connectivity index (χ3n) is 3.69. The van der Waals surface area contributed by atoms with Crippen LogP contribution in [0.1, 0.15) is 43.2 Å². The molecule has 2 rings (SSSR count). The molecule has 0 bridgehead atoms. The maximum Gasteiger partial charge on any atom is 0.219 e. The van der Waals surface area contributed by atoms with Gasteiger partial charge >= 0.3 is 0 Å². The molecule has 0 aliphatic heterocycles. The molecule has 0 aromatic heterocycles. The highest BCUT2D eigenvalue weighted by atomic mass is 16.5. The minimum atomic E-state index is 0.138. The molecule has 3 heteroatoms. The Kier molecular flexibility index (Phi) is 4.24. The van der Waals surface area contributed by atoms with E-state index < -0.39 is 0 Å². The molecule has 0 radical (unpaired) electrons. The zero-order valence-corrected chi connectivity index (χ0v) is 11.2. The Balaban J connectivity index is 1.95. The average molecular weight is 247 g/mol. The first-order chi connectivity index (χ1) is 8.74. The predicted octanol–water partition coefficient (Wildman–Crippen LogP) is 2.64. The average Bonchev–Trinajstić information content (AvgIpc) is 2.81. The first-order valence-electron chi connectivity index (χ1n) is 6.68.